The predicted molar refractivity (Wildman–Crippen MR) is 112 cm³/mol. The maximum absolute atomic E-state index is 12.3. The lowest BCUT2D eigenvalue weighted by Gasteiger charge is -2.06. The summed E-state index contributed by atoms with van der Waals surface area (Å²) in [5, 5.41) is 1.20. The average Bonchev–Trinajstić information content (AvgIpc) is 3.24. The fraction of sp³-hybridized carbons (Fsp3) is 0.364. The van der Waals surface area contributed by atoms with E-state index in [1.54, 1.807) is 11.3 Å². The van der Waals surface area contributed by atoms with Crippen LogP contribution in [-0.2, 0) is 24.1 Å². The van der Waals surface area contributed by atoms with E-state index in [9.17, 15) is 9.59 Å². The Bertz CT molecular complexity index is 965. The number of carbonyl (C=O) groups excluding carboxylic acids is 2. The maximum atomic E-state index is 12.3. The number of hydrazine groups is 1. The van der Waals surface area contributed by atoms with E-state index < -0.39 is 0 Å². The highest BCUT2D eigenvalue weighted by Crippen LogP contribution is 2.28. The van der Waals surface area contributed by atoms with Gasteiger partial charge in [0.2, 0.25) is 5.91 Å². The van der Waals surface area contributed by atoms with E-state index >= 15 is 0 Å². The molecule has 1 aliphatic rings. The highest BCUT2D eigenvalue weighted by molar-refractivity contribution is 7.14. The maximum Gasteiger partial charge on any atom is 0.279 e. The summed E-state index contributed by atoms with van der Waals surface area (Å²) in [7, 11) is 0. The van der Waals surface area contributed by atoms with Gasteiger partial charge in [0.15, 0.2) is 0 Å². The van der Waals surface area contributed by atoms with Crippen LogP contribution < -0.4 is 10.9 Å². The smallest absolute Gasteiger partial charge is 0.279 e. The molecule has 4 rings (SSSR count). The molecule has 146 valence electrons. The minimum absolute atomic E-state index is 0.161. The van der Waals surface area contributed by atoms with Crippen molar-refractivity contribution >= 4 is 34.1 Å². The minimum atomic E-state index is -0.219. The Morgan fingerprint density at radius 1 is 1.07 bits per heavy atom. The Morgan fingerprint density at radius 2 is 1.93 bits per heavy atom. The van der Waals surface area contributed by atoms with Crippen LogP contribution in [0.1, 0.15) is 57.8 Å². The number of amides is 2. The first-order chi connectivity index (χ1) is 13.7. The lowest BCUT2D eigenvalue weighted by atomic mass is 10.1. The zero-order chi connectivity index (χ0) is 19.3. The van der Waals surface area contributed by atoms with Crippen molar-refractivity contribution in [2.24, 2.45) is 0 Å². The first kappa shape index (κ1) is 18.7. The number of fused-ring (bicyclic) bond motifs is 2. The van der Waals surface area contributed by atoms with Gasteiger partial charge < -0.3 is 4.98 Å². The van der Waals surface area contributed by atoms with Gasteiger partial charge in [-0.15, -0.1) is 11.3 Å². The summed E-state index contributed by atoms with van der Waals surface area (Å²) in [6.45, 7) is 0. The van der Waals surface area contributed by atoms with Gasteiger partial charge in [-0.2, -0.15) is 0 Å². The van der Waals surface area contributed by atoms with E-state index in [2.05, 4.69) is 21.9 Å². The summed E-state index contributed by atoms with van der Waals surface area (Å²) < 4.78 is 0. The Labute approximate surface area is 168 Å². The zero-order valence-corrected chi connectivity index (χ0v) is 16.7. The fourth-order valence-corrected chi connectivity index (χ4v) is 4.96. The second-order valence-electron chi connectivity index (χ2n) is 7.34. The van der Waals surface area contributed by atoms with Crippen LogP contribution in [0.5, 0.6) is 0 Å². The van der Waals surface area contributed by atoms with Crippen molar-refractivity contribution in [3.63, 3.8) is 0 Å². The second-order valence-corrected chi connectivity index (χ2v) is 8.47. The number of benzene rings is 1. The molecule has 28 heavy (non-hydrogen) atoms. The van der Waals surface area contributed by atoms with Crippen molar-refractivity contribution < 1.29 is 9.59 Å². The summed E-state index contributed by atoms with van der Waals surface area (Å²) in [6.07, 6.45) is 9.70. The van der Waals surface area contributed by atoms with Crippen molar-refractivity contribution in [3.8, 4) is 0 Å². The lowest BCUT2D eigenvalue weighted by Crippen LogP contribution is -2.41. The first-order valence-corrected chi connectivity index (χ1v) is 10.8. The van der Waals surface area contributed by atoms with Gasteiger partial charge >= 0.3 is 0 Å². The molecule has 0 saturated heterocycles. The molecule has 0 saturated carbocycles. The number of aromatic amines is 1. The van der Waals surface area contributed by atoms with Crippen molar-refractivity contribution in [2.75, 3.05) is 0 Å². The van der Waals surface area contributed by atoms with Gasteiger partial charge in [0, 0.05) is 28.4 Å². The Hall–Kier alpha value is -2.60. The molecular weight excluding hydrogens is 370 g/mol. The molecule has 0 atom stereocenters. The molecule has 0 bridgehead atoms. The number of hydrogen-bond donors (Lipinski definition) is 3. The summed E-state index contributed by atoms with van der Waals surface area (Å²) in [5.74, 6) is -0.380. The molecule has 3 N–H and O–H groups in total. The van der Waals surface area contributed by atoms with Gasteiger partial charge in [-0.1, -0.05) is 24.6 Å². The number of aromatic nitrogens is 1. The predicted octanol–water partition coefficient (Wildman–Crippen LogP) is 4.28. The molecule has 0 aliphatic heterocycles. The van der Waals surface area contributed by atoms with Crippen molar-refractivity contribution in [1.29, 1.82) is 0 Å². The SMILES string of the molecule is O=C(CCCc1c[nH]c2ccccc12)NNC(=O)c1cc2c(s1)CCCCC2. The van der Waals surface area contributed by atoms with Gasteiger partial charge in [-0.05, 0) is 61.8 Å². The van der Waals surface area contributed by atoms with Gasteiger partial charge in [0.25, 0.3) is 5.91 Å². The van der Waals surface area contributed by atoms with Crippen molar-refractivity contribution in [3.05, 3.63) is 57.4 Å². The molecule has 2 heterocycles. The topological polar surface area (TPSA) is 74.0 Å². The number of para-hydroxylation sites is 1. The van der Waals surface area contributed by atoms with E-state index in [1.165, 1.54) is 40.7 Å². The highest BCUT2D eigenvalue weighted by Gasteiger charge is 2.16. The van der Waals surface area contributed by atoms with E-state index in [0.29, 0.717) is 11.3 Å². The Morgan fingerprint density at radius 3 is 2.86 bits per heavy atom. The van der Waals surface area contributed by atoms with Crippen LogP contribution in [-0.4, -0.2) is 16.8 Å². The third-order valence-corrected chi connectivity index (χ3v) is 6.55. The van der Waals surface area contributed by atoms with Crippen LogP contribution in [0, 0.1) is 0 Å². The molecule has 2 amide bonds. The molecule has 3 aromatic rings. The number of H-pyrrole nitrogens is 1. The number of aryl methyl sites for hydroxylation is 3. The molecule has 2 aromatic heterocycles. The zero-order valence-electron chi connectivity index (χ0n) is 15.8. The van der Waals surface area contributed by atoms with E-state index in [-0.39, 0.29) is 11.8 Å². The molecule has 5 nitrogen and oxygen atoms in total. The molecule has 0 fully saturated rings. The van der Waals surface area contributed by atoms with Crippen LogP contribution >= 0.6 is 11.3 Å². The number of thiophene rings is 1. The normalized spacial score (nSPS) is 13.7. The van der Waals surface area contributed by atoms with Crippen molar-refractivity contribution in [2.45, 2.75) is 51.4 Å². The third-order valence-electron chi connectivity index (χ3n) is 5.31. The van der Waals surface area contributed by atoms with Gasteiger partial charge in [-0.25, -0.2) is 0 Å². The second kappa shape index (κ2) is 8.61. The number of carbonyl (C=O) groups is 2. The highest BCUT2D eigenvalue weighted by atomic mass is 32.1. The minimum Gasteiger partial charge on any atom is -0.361 e. The first-order valence-electron chi connectivity index (χ1n) is 9.96. The molecule has 0 spiro atoms. The van der Waals surface area contributed by atoms with Gasteiger partial charge in [-0.3, -0.25) is 20.4 Å². The largest absolute Gasteiger partial charge is 0.361 e. The lowest BCUT2D eigenvalue weighted by molar-refractivity contribution is -0.121. The summed E-state index contributed by atoms with van der Waals surface area (Å²) in [5.41, 5.74) is 8.75. The Kier molecular flexibility index (Phi) is 5.76. The molecule has 1 aliphatic carbocycles. The van der Waals surface area contributed by atoms with E-state index in [0.717, 1.165) is 31.2 Å². The Balaban J connectivity index is 1.24. The number of hydrogen-bond acceptors (Lipinski definition) is 3. The van der Waals surface area contributed by atoms with Crippen LogP contribution in [0.2, 0.25) is 0 Å². The van der Waals surface area contributed by atoms with Gasteiger partial charge in [0.1, 0.15) is 0 Å². The van der Waals surface area contributed by atoms with E-state index in [4.69, 9.17) is 0 Å². The number of rotatable bonds is 5. The average molecular weight is 396 g/mol. The number of nitrogens with one attached hydrogen (secondary N) is 3. The molecule has 0 radical (unpaired) electrons. The van der Waals surface area contributed by atoms with E-state index in [1.807, 2.05) is 30.5 Å². The summed E-state index contributed by atoms with van der Waals surface area (Å²) in [4.78, 5) is 29.7. The molecule has 1 aromatic carbocycles. The molecule has 6 heteroatoms. The third kappa shape index (κ3) is 4.28. The quantitative estimate of drug-likeness (QED) is 0.445. The fourth-order valence-electron chi connectivity index (χ4n) is 3.81. The standard InChI is InChI=1S/C22H25N3O2S/c26-21(12-6-8-16-14-23-18-10-5-4-9-17(16)18)24-25-22(27)20-13-15-7-2-1-3-11-19(15)28-20/h4-5,9-10,13-14,23H,1-3,6-8,11-12H2,(H,24,26)(H,25,27). The summed E-state index contributed by atoms with van der Waals surface area (Å²) in [6, 6.07) is 10.1. The van der Waals surface area contributed by atoms with Crippen LogP contribution in [0.15, 0.2) is 36.5 Å². The monoisotopic (exact) mass is 395 g/mol. The van der Waals surface area contributed by atoms with Crippen LogP contribution in [0.3, 0.4) is 0 Å². The van der Waals surface area contributed by atoms with Crippen molar-refractivity contribution in [1.82, 2.24) is 15.8 Å². The molecule has 0 unspecified atom stereocenters. The van der Waals surface area contributed by atoms with Crippen LogP contribution in [0.25, 0.3) is 10.9 Å². The van der Waals surface area contributed by atoms with Gasteiger partial charge in [0.05, 0.1) is 4.88 Å². The van der Waals surface area contributed by atoms with Crippen LogP contribution in [0.4, 0.5) is 0 Å². The molecular formula is C22H25N3O2S. The summed E-state index contributed by atoms with van der Waals surface area (Å²) >= 11 is 1.56.